The zero-order valence-corrected chi connectivity index (χ0v) is 13.7. The summed E-state index contributed by atoms with van der Waals surface area (Å²) in [5.74, 6) is 0.976. The van der Waals surface area contributed by atoms with Crippen LogP contribution in [0.3, 0.4) is 0 Å². The lowest BCUT2D eigenvalue weighted by molar-refractivity contribution is 0.950. The summed E-state index contributed by atoms with van der Waals surface area (Å²) in [6, 6.07) is 12.1. The van der Waals surface area contributed by atoms with Gasteiger partial charge in [-0.25, -0.2) is 4.98 Å². The van der Waals surface area contributed by atoms with Crippen LogP contribution in [0.5, 0.6) is 0 Å². The highest BCUT2D eigenvalue weighted by molar-refractivity contribution is 7.99. The zero-order valence-electron chi connectivity index (χ0n) is 12.1. The third kappa shape index (κ3) is 2.08. The van der Waals surface area contributed by atoms with Gasteiger partial charge in [0.25, 0.3) is 5.56 Å². The average molecular weight is 326 g/mol. The highest BCUT2D eigenvalue weighted by Crippen LogP contribution is 2.35. The molecule has 1 aliphatic heterocycles. The summed E-state index contributed by atoms with van der Waals surface area (Å²) < 4.78 is 1.76. The van der Waals surface area contributed by atoms with E-state index in [1.54, 1.807) is 34.3 Å². The summed E-state index contributed by atoms with van der Waals surface area (Å²) >= 11 is 3.44. The van der Waals surface area contributed by atoms with Crippen LogP contribution in [0.1, 0.15) is 5.56 Å². The van der Waals surface area contributed by atoms with Gasteiger partial charge >= 0.3 is 0 Å². The monoisotopic (exact) mass is 326 g/mol. The minimum absolute atomic E-state index is 0.0736. The van der Waals surface area contributed by atoms with Gasteiger partial charge in [0.05, 0.1) is 5.69 Å². The summed E-state index contributed by atoms with van der Waals surface area (Å²) in [7, 11) is 0. The molecule has 5 heteroatoms. The van der Waals surface area contributed by atoms with Crippen LogP contribution >= 0.6 is 23.5 Å². The van der Waals surface area contributed by atoms with E-state index in [1.165, 1.54) is 0 Å². The fourth-order valence-corrected chi connectivity index (χ4v) is 4.51. The molecule has 1 aliphatic rings. The number of hydrogen-bond donors (Lipinski definition) is 0. The molecule has 0 unspecified atom stereocenters. The Kier molecular flexibility index (Phi) is 3.47. The number of fused-ring (bicyclic) bond motifs is 3. The Morgan fingerprint density at radius 1 is 1.27 bits per heavy atom. The number of aromatic nitrogens is 2. The van der Waals surface area contributed by atoms with Crippen molar-refractivity contribution in [2.45, 2.75) is 16.2 Å². The van der Waals surface area contributed by atoms with E-state index in [2.05, 4.69) is 23.2 Å². The lowest BCUT2D eigenvalue weighted by atomic mass is 10.1. The van der Waals surface area contributed by atoms with Crippen LogP contribution in [0.25, 0.3) is 16.7 Å². The van der Waals surface area contributed by atoms with Crippen molar-refractivity contribution in [3.63, 3.8) is 0 Å². The minimum atomic E-state index is 0.0736. The minimum Gasteiger partial charge on any atom is -0.269 e. The summed E-state index contributed by atoms with van der Waals surface area (Å²) in [5.41, 5.74) is 2.64. The predicted molar refractivity (Wildman–Crippen MR) is 93.5 cm³/mol. The van der Waals surface area contributed by atoms with E-state index in [0.717, 1.165) is 44.2 Å². The number of nitrogens with zero attached hydrogens (tertiary/aromatic N) is 2. The lowest BCUT2D eigenvalue weighted by Crippen LogP contribution is -2.23. The van der Waals surface area contributed by atoms with Gasteiger partial charge in [0.2, 0.25) is 0 Å². The van der Waals surface area contributed by atoms with Gasteiger partial charge in [-0.15, -0.1) is 23.5 Å². The molecule has 1 aromatic carbocycles. The lowest BCUT2D eigenvalue weighted by Gasteiger charge is -2.13. The van der Waals surface area contributed by atoms with Crippen LogP contribution in [0.15, 0.2) is 57.2 Å². The maximum Gasteiger partial charge on any atom is 0.261 e. The molecule has 110 valence electrons. The first-order chi connectivity index (χ1) is 10.8. The van der Waals surface area contributed by atoms with Gasteiger partial charge in [-0.3, -0.25) is 9.36 Å². The Hall–Kier alpha value is -1.72. The van der Waals surface area contributed by atoms with Crippen LogP contribution in [-0.4, -0.2) is 21.6 Å². The third-order valence-electron chi connectivity index (χ3n) is 3.89. The first-order valence-electron chi connectivity index (χ1n) is 7.09. The van der Waals surface area contributed by atoms with Crippen LogP contribution in [-0.2, 0) is 6.42 Å². The van der Waals surface area contributed by atoms with E-state index in [0.29, 0.717) is 0 Å². The van der Waals surface area contributed by atoms with Gasteiger partial charge < -0.3 is 0 Å². The Balaban J connectivity index is 2.11. The fourth-order valence-electron chi connectivity index (χ4n) is 2.87. The molecule has 0 fully saturated rings. The van der Waals surface area contributed by atoms with Crippen molar-refractivity contribution in [2.75, 3.05) is 12.0 Å². The molecular formula is C17H14N2OS2. The number of rotatable bonds is 2. The van der Waals surface area contributed by atoms with Crippen molar-refractivity contribution in [3.05, 3.63) is 58.5 Å². The largest absolute Gasteiger partial charge is 0.269 e. The van der Waals surface area contributed by atoms with Crippen LogP contribution < -0.4 is 5.56 Å². The van der Waals surface area contributed by atoms with Crippen molar-refractivity contribution < 1.29 is 0 Å². The average Bonchev–Trinajstić information content (AvgIpc) is 3.06. The number of pyridine rings is 2. The van der Waals surface area contributed by atoms with Crippen molar-refractivity contribution >= 4 is 34.6 Å². The summed E-state index contributed by atoms with van der Waals surface area (Å²) in [6.45, 7) is 0. The van der Waals surface area contributed by atoms with Gasteiger partial charge in [-0.05, 0) is 43.0 Å². The van der Waals surface area contributed by atoms with Crippen molar-refractivity contribution in [2.24, 2.45) is 0 Å². The molecule has 3 heterocycles. The maximum absolute atomic E-state index is 13.0. The normalized spacial score (nSPS) is 13.5. The topological polar surface area (TPSA) is 34.9 Å². The van der Waals surface area contributed by atoms with Gasteiger partial charge in [0.1, 0.15) is 5.65 Å². The van der Waals surface area contributed by atoms with E-state index >= 15 is 0 Å². The van der Waals surface area contributed by atoms with Crippen LogP contribution in [0.4, 0.5) is 0 Å². The smallest absolute Gasteiger partial charge is 0.261 e. The highest BCUT2D eigenvalue weighted by Gasteiger charge is 2.22. The van der Waals surface area contributed by atoms with Crippen molar-refractivity contribution in [1.82, 2.24) is 9.55 Å². The van der Waals surface area contributed by atoms with E-state index in [4.69, 9.17) is 0 Å². The molecule has 0 amide bonds. The molecule has 0 radical (unpaired) electrons. The second-order valence-electron chi connectivity index (χ2n) is 5.12. The molecule has 0 spiro atoms. The second kappa shape index (κ2) is 5.48. The Morgan fingerprint density at radius 3 is 3.05 bits per heavy atom. The molecule has 4 rings (SSSR count). The molecule has 3 nitrogen and oxygen atoms in total. The molecule has 0 atom stereocenters. The number of thioether (sulfide) groups is 2. The second-order valence-corrected chi connectivity index (χ2v) is 7.11. The maximum atomic E-state index is 13.0. The standard InChI is InChI=1S/C17H14N2OS2/c1-21-12-5-2-4-11(10-12)19-16-13(6-3-8-18-16)15-14(17(19)20)7-9-22-15/h2-6,8,10H,7,9H2,1H3. The third-order valence-corrected chi connectivity index (χ3v) is 5.78. The molecule has 3 aromatic rings. The molecule has 0 saturated heterocycles. The predicted octanol–water partition coefficient (Wildman–Crippen LogP) is 3.76. The highest BCUT2D eigenvalue weighted by atomic mass is 32.2. The Bertz CT molecular complexity index is 934. The number of benzene rings is 1. The van der Waals surface area contributed by atoms with E-state index in [-0.39, 0.29) is 5.56 Å². The number of hydrogen-bond acceptors (Lipinski definition) is 4. The van der Waals surface area contributed by atoms with E-state index < -0.39 is 0 Å². The fraction of sp³-hybridized carbons (Fsp3) is 0.176. The van der Waals surface area contributed by atoms with Crippen LogP contribution in [0.2, 0.25) is 0 Å². The summed E-state index contributed by atoms with van der Waals surface area (Å²) in [4.78, 5) is 19.7. The Labute approximate surface area is 136 Å². The van der Waals surface area contributed by atoms with Gasteiger partial charge in [0, 0.05) is 32.7 Å². The van der Waals surface area contributed by atoms with Gasteiger partial charge in [0.15, 0.2) is 0 Å². The molecular weight excluding hydrogens is 312 g/mol. The molecule has 22 heavy (non-hydrogen) atoms. The van der Waals surface area contributed by atoms with Crippen LogP contribution in [0, 0.1) is 0 Å². The first-order valence-corrected chi connectivity index (χ1v) is 9.30. The first kappa shape index (κ1) is 13.9. The van der Waals surface area contributed by atoms with Gasteiger partial charge in [-0.2, -0.15) is 0 Å². The zero-order chi connectivity index (χ0) is 15.1. The summed E-state index contributed by atoms with van der Waals surface area (Å²) in [6.07, 6.45) is 4.63. The molecule has 0 N–H and O–H groups in total. The molecule has 0 aliphatic carbocycles. The SMILES string of the molecule is CSc1cccc(-n2c(=O)c3c(c4cccnc42)SCC3)c1. The molecule has 2 aromatic heterocycles. The van der Waals surface area contributed by atoms with Crippen molar-refractivity contribution in [1.29, 1.82) is 0 Å². The van der Waals surface area contributed by atoms with Gasteiger partial charge in [-0.1, -0.05) is 6.07 Å². The van der Waals surface area contributed by atoms with Crippen molar-refractivity contribution in [3.8, 4) is 5.69 Å². The molecule has 0 bridgehead atoms. The summed E-state index contributed by atoms with van der Waals surface area (Å²) in [5, 5.41) is 1.08. The van der Waals surface area contributed by atoms with E-state index in [1.807, 2.05) is 24.5 Å². The quantitative estimate of drug-likeness (QED) is 0.672. The van der Waals surface area contributed by atoms with E-state index in [9.17, 15) is 4.79 Å². The molecule has 0 saturated carbocycles. The Morgan fingerprint density at radius 2 is 2.18 bits per heavy atom.